The Morgan fingerprint density at radius 2 is 1.62 bits per heavy atom. The van der Waals surface area contributed by atoms with Gasteiger partial charge in [0.25, 0.3) is 0 Å². The van der Waals surface area contributed by atoms with Crippen molar-refractivity contribution in [2.45, 2.75) is 58.5 Å². The minimum absolute atomic E-state index is 0.0329. The van der Waals surface area contributed by atoms with Crippen LogP contribution in [0.1, 0.15) is 46.0 Å². The van der Waals surface area contributed by atoms with Gasteiger partial charge >= 0.3 is 0 Å². The predicted octanol–water partition coefficient (Wildman–Crippen LogP) is 3.51. The van der Waals surface area contributed by atoms with Gasteiger partial charge in [0, 0.05) is 5.92 Å². The van der Waals surface area contributed by atoms with E-state index in [0.717, 1.165) is 32.5 Å². The Kier molecular flexibility index (Phi) is 7.72. The van der Waals surface area contributed by atoms with Gasteiger partial charge in [-0.2, -0.15) is 0 Å². The van der Waals surface area contributed by atoms with Crippen LogP contribution in [0.2, 0.25) is 0 Å². The molecule has 0 saturated carbocycles. The van der Waals surface area contributed by atoms with Gasteiger partial charge in [-0.1, -0.05) is 38.8 Å². The highest BCUT2D eigenvalue weighted by Crippen LogP contribution is 2.24. The van der Waals surface area contributed by atoms with Crippen LogP contribution >= 0.6 is 0 Å². The molecule has 2 fully saturated rings. The molecule has 2 heterocycles. The molecule has 21 heavy (non-hydrogen) atoms. The molecule has 0 aromatic rings. The second-order valence-corrected chi connectivity index (χ2v) is 6.01. The molecule has 122 valence electrons. The van der Waals surface area contributed by atoms with E-state index in [1.807, 2.05) is 0 Å². The minimum Gasteiger partial charge on any atom is -0.352 e. The summed E-state index contributed by atoms with van der Waals surface area (Å²) in [6.45, 7) is 7.19. The SMILES string of the molecule is CCCC=C[C@H]1CO[C@H]([C@H]2CO[C@H](CCCC)OC2)OC1. The highest BCUT2D eigenvalue weighted by molar-refractivity contribution is 4.89. The van der Waals surface area contributed by atoms with Crippen LogP contribution in [-0.4, -0.2) is 39.0 Å². The van der Waals surface area contributed by atoms with Gasteiger partial charge in [0.15, 0.2) is 12.6 Å². The zero-order valence-electron chi connectivity index (χ0n) is 13.5. The summed E-state index contributed by atoms with van der Waals surface area (Å²) in [6.07, 6.45) is 9.86. The van der Waals surface area contributed by atoms with Crippen molar-refractivity contribution in [2.24, 2.45) is 11.8 Å². The lowest BCUT2D eigenvalue weighted by atomic mass is 10.1. The van der Waals surface area contributed by atoms with Crippen molar-refractivity contribution in [1.29, 1.82) is 0 Å². The van der Waals surface area contributed by atoms with Crippen LogP contribution in [0.15, 0.2) is 12.2 Å². The van der Waals surface area contributed by atoms with Crippen molar-refractivity contribution in [3.05, 3.63) is 12.2 Å². The quantitative estimate of drug-likeness (QED) is 0.674. The normalized spacial score (nSPS) is 34.4. The summed E-state index contributed by atoms with van der Waals surface area (Å²) in [4.78, 5) is 0. The second kappa shape index (κ2) is 9.57. The van der Waals surface area contributed by atoms with E-state index in [1.165, 1.54) is 12.8 Å². The van der Waals surface area contributed by atoms with Crippen LogP contribution in [0, 0.1) is 11.8 Å². The Labute approximate surface area is 128 Å². The molecule has 0 aromatic carbocycles. The number of allylic oxidation sites excluding steroid dienone is 1. The fourth-order valence-corrected chi connectivity index (χ4v) is 2.62. The summed E-state index contributed by atoms with van der Waals surface area (Å²) in [6, 6.07) is 0. The number of hydrogen-bond acceptors (Lipinski definition) is 4. The van der Waals surface area contributed by atoms with E-state index in [1.54, 1.807) is 0 Å². The Morgan fingerprint density at radius 3 is 2.24 bits per heavy atom. The first-order valence-electron chi connectivity index (χ1n) is 8.46. The largest absolute Gasteiger partial charge is 0.352 e. The van der Waals surface area contributed by atoms with E-state index in [-0.39, 0.29) is 18.5 Å². The van der Waals surface area contributed by atoms with Gasteiger partial charge in [0.05, 0.1) is 32.3 Å². The summed E-state index contributed by atoms with van der Waals surface area (Å²) in [5.41, 5.74) is 0. The lowest BCUT2D eigenvalue weighted by molar-refractivity contribution is -0.278. The standard InChI is InChI=1S/C17H30O4/c1-3-5-7-8-14-10-20-17(21-11-14)15-12-18-16(19-13-15)9-6-4-2/h7-8,14-17H,3-6,9-13H2,1-2H3/t14-,15-,16-,17-. The molecular formula is C17H30O4. The van der Waals surface area contributed by atoms with Gasteiger partial charge in [0.1, 0.15) is 0 Å². The van der Waals surface area contributed by atoms with Crippen molar-refractivity contribution in [2.75, 3.05) is 26.4 Å². The first-order chi connectivity index (χ1) is 10.3. The van der Waals surface area contributed by atoms with Crippen LogP contribution in [0.25, 0.3) is 0 Å². The third-order valence-corrected chi connectivity index (χ3v) is 3.98. The molecule has 0 bridgehead atoms. The lowest BCUT2D eigenvalue weighted by Crippen LogP contribution is -2.44. The monoisotopic (exact) mass is 298 g/mol. The molecule has 2 aliphatic rings. The molecule has 0 atom stereocenters. The van der Waals surface area contributed by atoms with Gasteiger partial charge in [-0.05, 0) is 19.3 Å². The van der Waals surface area contributed by atoms with Crippen LogP contribution in [-0.2, 0) is 18.9 Å². The summed E-state index contributed by atoms with van der Waals surface area (Å²) < 4.78 is 23.2. The molecule has 0 aromatic heterocycles. The summed E-state index contributed by atoms with van der Waals surface area (Å²) in [5.74, 6) is 0.582. The van der Waals surface area contributed by atoms with Gasteiger partial charge in [0.2, 0.25) is 0 Å². The maximum absolute atomic E-state index is 5.84. The van der Waals surface area contributed by atoms with Crippen molar-refractivity contribution < 1.29 is 18.9 Å². The summed E-state index contributed by atoms with van der Waals surface area (Å²) in [7, 11) is 0. The van der Waals surface area contributed by atoms with Gasteiger partial charge < -0.3 is 18.9 Å². The molecular weight excluding hydrogens is 268 g/mol. The van der Waals surface area contributed by atoms with E-state index >= 15 is 0 Å². The first kappa shape index (κ1) is 16.9. The van der Waals surface area contributed by atoms with Crippen molar-refractivity contribution in [1.82, 2.24) is 0 Å². The molecule has 4 nitrogen and oxygen atoms in total. The number of ether oxygens (including phenoxy) is 4. The highest BCUT2D eigenvalue weighted by Gasteiger charge is 2.32. The van der Waals surface area contributed by atoms with E-state index in [0.29, 0.717) is 19.1 Å². The predicted molar refractivity (Wildman–Crippen MR) is 81.9 cm³/mol. The second-order valence-electron chi connectivity index (χ2n) is 6.01. The first-order valence-corrected chi connectivity index (χ1v) is 8.46. The summed E-state index contributed by atoms with van der Waals surface area (Å²) in [5, 5.41) is 0. The van der Waals surface area contributed by atoms with E-state index in [9.17, 15) is 0 Å². The van der Waals surface area contributed by atoms with Crippen molar-refractivity contribution >= 4 is 0 Å². The molecule has 2 rings (SSSR count). The van der Waals surface area contributed by atoms with E-state index in [2.05, 4.69) is 26.0 Å². The van der Waals surface area contributed by atoms with Gasteiger partial charge in [-0.25, -0.2) is 0 Å². The topological polar surface area (TPSA) is 36.9 Å². The fraction of sp³-hybridized carbons (Fsp3) is 0.882. The zero-order valence-corrected chi connectivity index (χ0v) is 13.5. The smallest absolute Gasteiger partial charge is 0.164 e. The van der Waals surface area contributed by atoms with Gasteiger partial charge in [-0.3, -0.25) is 0 Å². The maximum Gasteiger partial charge on any atom is 0.164 e. The van der Waals surface area contributed by atoms with E-state index < -0.39 is 0 Å². The van der Waals surface area contributed by atoms with Crippen LogP contribution < -0.4 is 0 Å². The lowest BCUT2D eigenvalue weighted by Gasteiger charge is -2.37. The average Bonchev–Trinajstić information content (AvgIpc) is 2.54. The van der Waals surface area contributed by atoms with Crippen LogP contribution in [0.4, 0.5) is 0 Å². The summed E-state index contributed by atoms with van der Waals surface area (Å²) >= 11 is 0. The Morgan fingerprint density at radius 1 is 0.905 bits per heavy atom. The molecule has 0 aliphatic carbocycles. The number of hydrogen-bond donors (Lipinski definition) is 0. The van der Waals surface area contributed by atoms with Crippen LogP contribution in [0.3, 0.4) is 0 Å². The molecule has 2 saturated heterocycles. The molecule has 0 radical (unpaired) electrons. The molecule has 0 spiro atoms. The number of unbranched alkanes of at least 4 members (excludes halogenated alkanes) is 2. The van der Waals surface area contributed by atoms with Crippen LogP contribution in [0.5, 0.6) is 0 Å². The van der Waals surface area contributed by atoms with Crippen molar-refractivity contribution in [3.8, 4) is 0 Å². The minimum atomic E-state index is -0.173. The highest BCUT2D eigenvalue weighted by atomic mass is 16.7. The Bertz CT molecular complexity index is 289. The zero-order chi connectivity index (χ0) is 14.9. The fourth-order valence-electron chi connectivity index (χ4n) is 2.62. The number of rotatable bonds is 7. The third-order valence-electron chi connectivity index (χ3n) is 3.98. The molecule has 0 unspecified atom stereocenters. The van der Waals surface area contributed by atoms with E-state index in [4.69, 9.17) is 18.9 Å². The van der Waals surface area contributed by atoms with Crippen molar-refractivity contribution in [3.63, 3.8) is 0 Å². The Hall–Kier alpha value is -0.420. The maximum atomic E-state index is 5.84. The molecule has 0 N–H and O–H groups in total. The molecule has 0 amide bonds. The van der Waals surface area contributed by atoms with Gasteiger partial charge in [-0.15, -0.1) is 0 Å². The average molecular weight is 298 g/mol. The molecule has 4 heteroatoms. The molecule has 2 aliphatic heterocycles. The Balaban J connectivity index is 1.64. The third kappa shape index (κ3) is 5.70.